The van der Waals surface area contributed by atoms with E-state index in [9.17, 15) is 0 Å². The second kappa shape index (κ2) is 6.34. The Bertz CT molecular complexity index is 480. The highest BCUT2D eigenvalue weighted by atomic mass is 32.2. The number of nitrogens with one attached hydrogen (secondary N) is 1. The zero-order valence-electron chi connectivity index (χ0n) is 13.0. The second-order valence-electron chi connectivity index (χ2n) is 6.48. The lowest BCUT2D eigenvalue weighted by Gasteiger charge is -2.39. The summed E-state index contributed by atoms with van der Waals surface area (Å²) in [6.45, 7) is 7.58. The summed E-state index contributed by atoms with van der Waals surface area (Å²) in [6.07, 6.45) is 5.16. The number of hydrogen-bond acceptors (Lipinski definition) is 3. The van der Waals surface area contributed by atoms with Gasteiger partial charge in [0.1, 0.15) is 5.76 Å². The van der Waals surface area contributed by atoms with Crippen LogP contribution in [0.15, 0.2) is 27.8 Å². The molecule has 21 heavy (non-hydrogen) atoms. The summed E-state index contributed by atoms with van der Waals surface area (Å²) < 4.78 is 5.69. The van der Waals surface area contributed by atoms with Crippen LogP contribution in [0.3, 0.4) is 0 Å². The molecule has 1 N–H and O–H groups in total. The molecule has 1 saturated heterocycles. The van der Waals surface area contributed by atoms with Gasteiger partial charge in [-0.05, 0) is 38.8 Å². The van der Waals surface area contributed by atoms with Crippen LogP contribution in [0, 0.1) is 0 Å². The largest absolute Gasteiger partial charge is 0.469 e. The van der Waals surface area contributed by atoms with Gasteiger partial charge in [0.05, 0.1) is 6.26 Å². The number of hydrogen-bond donors (Lipinski definition) is 1. The van der Waals surface area contributed by atoms with Crippen molar-refractivity contribution in [3.8, 4) is 0 Å². The highest BCUT2D eigenvalue weighted by molar-refractivity contribution is 8.00. The molecule has 0 spiro atoms. The van der Waals surface area contributed by atoms with Gasteiger partial charge in [-0.25, -0.2) is 0 Å². The molecule has 0 amide bonds. The molecule has 0 radical (unpaired) electrons. The van der Waals surface area contributed by atoms with E-state index in [1.807, 2.05) is 12.1 Å². The van der Waals surface area contributed by atoms with Crippen LogP contribution in [0.25, 0.3) is 0 Å². The molecule has 1 aliphatic carbocycles. The fourth-order valence-electron chi connectivity index (χ4n) is 2.57. The fraction of sp³-hybridized carbons (Fsp3) is 0.688. The minimum absolute atomic E-state index is 0.311. The maximum Gasteiger partial charge on any atom is 0.194 e. The van der Waals surface area contributed by atoms with Crippen LogP contribution in [-0.2, 0) is 6.42 Å². The Morgan fingerprint density at radius 2 is 2.38 bits per heavy atom. The summed E-state index contributed by atoms with van der Waals surface area (Å²) in [6, 6.07) is 4.60. The van der Waals surface area contributed by atoms with Gasteiger partial charge in [0.2, 0.25) is 0 Å². The monoisotopic (exact) mass is 307 g/mol. The summed E-state index contributed by atoms with van der Waals surface area (Å²) in [5.74, 6) is 3.28. The smallest absolute Gasteiger partial charge is 0.194 e. The standard InChI is InChI=1S/C16H25N3OS/c1-16(2)12-19(9-11-21-16)15(18-13-5-6-13)17-8-7-14-4-3-10-20-14/h3-4,10,13H,5-9,11-12H2,1-2H3,(H,17,18). The summed E-state index contributed by atoms with van der Waals surface area (Å²) in [5, 5.41) is 3.61. The Balaban J connectivity index is 1.61. The molecule has 4 nitrogen and oxygen atoms in total. The minimum Gasteiger partial charge on any atom is -0.469 e. The van der Waals surface area contributed by atoms with Gasteiger partial charge in [0.15, 0.2) is 5.96 Å². The predicted octanol–water partition coefficient (Wildman–Crippen LogP) is 2.76. The quantitative estimate of drug-likeness (QED) is 0.686. The van der Waals surface area contributed by atoms with Crippen LogP contribution < -0.4 is 5.32 Å². The van der Waals surface area contributed by atoms with E-state index in [2.05, 4.69) is 35.8 Å². The summed E-state index contributed by atoms with van der Waals surface area (Å²) in [5.41, 5.74) is 0. The van der Waals surface area contributed by atoms with Crippen molar-refractivity contribution in [3.05, 3.63) is 24.2 Å². The van der Waals surface area contributed by atoms with Crippen LogP contribution in [0.5, 0.6) is 0 Å². The highest BCUT2D eigenvalue weighted by Gasteiger charge is 2.31. The van der Waals surface area contributed by atoms with E-state index < -0.39 is 0 Å². The Morgan fingerprint density at radius 3 is 3.05 bits per heavy atom. The number of guanidine groups is 1. The van der Waals surface area contributed by atoms with E-state index in [1.165, 1.54) is 18.6 Å². The highest BCUT2D eigenvalue weighted by Crippen LogP contribution is 2.30. The molecule has 1 aromatic rings. The predicted molar refractivity (Wildman–Crippen MR) is 89.0 cm³/mol. The maximum absolute atomic E-state index is 5.38. The average Bonchev–Trinajstić information content (AvgIpc) is 3.10. The number of rotatable bonds is 4. The van der Waals surface area contributed by atoms with Gasteiger partial charge in [-0.1, -0.05) is 0 Å². The van der Waals surface area contributed by atoms with Crippen molar-refractivity contribution in [1.29, 1.82) is 0 Å². The Hall–Kier alpha value is -1.10. The average molecular weight is 307 g/mol. The molecule has 3 rings (SSSR count). The van der Waals surface area contributed by atoms with Crippen LogP contribution in [0.1, 0.15) is 32.4 Å². The van der Waals surface area contributed by atoms with Crippen molar-refractivity contribution in [1.82, 2.24) is 10.2 Å². The molecule has 5 heteroatoms. The Morgan fingerprint density at radius 1 is 1.52 bits per heavy atom. The molecule has 2 heterocycles. The first-order chi connectivity index (χ1) is 10.1. The molecule has 2 fully saturated rings. The van der Waals surface area contributed by atoms with Crippen LogP contribution in [0.2, 0.25) is 0 Å². The summed E-state index contributed by atoms with van der Waals surface area (Å²) >= 11 is 2.06. The van der Waals surface area contributed by atoms with Crippen molar-refractivity contribution >= 4 is 17.7 Å². The zero-order valence-corrected chi connectivity index (χ0v) is 13.8. The fourth-order valence-corrected chi connectivity index (χ4v) is 3.68. The molecule has 1 saturated carbocycles. The molecule has 0 unspecified atom stereocenters. The van der Waals surface area contributed by atoms with Crippen molar-refractivity contribution in [2.24, 2.45) is 4.99 Å². The van der Waals surface area contributed by atoms with Gasteiger partial charge in [0, 0.05) is 42.6 Å². The SMILES string of the molecule is CC1(C)CN(C(=NCCc2ccco2)NC2CC2)CCS1. The minimum atomic E-state index is 0.311. The third kappa shape index (κ3) is 4.43. The van der Waals surface area contributed by atoms with Crippen LogP contribution in [-0.4, -0.2) is 47.0 Å². The third-order valence-corrected chi connectivity index (χ3v) is 5.13. The van der Waals surface area contributed by atoms with E-state index in [0.717, 1.165) is 37.8 Å². The van der Waals surface area contributed by atoms with Crippen molar-refractivity contribution in [2.45, 2.75) is 43.9 Å². The topological polar surface area (TPSA) is 40.8 Å². The van der Waals surface area contributed by atoms with E-state index in [0.29, 0.717) is 10.8 Å². The first-order valence-electron chi connectivity index (χ1n) is 7.85. The van der Waals surface area contributed by atoms with Gasteiger partial charge >= 0.3 is 0 Å². The summed E-state index contributed by atoms with van der Waals surface area (Å²) in [4.78, 5) is 7.26. The van der Waals surface area contributed by atoms with Gasteiger partial charge in [0.25, 0.3) is 0 Å². The Kier molecular flexibility index (Phi) is 4.48. The lowest BCUT2D eigenvalue weighted by molar-refractivity contribution is 0.374. The van der Waals surface area contributed by atoms with Gasteiger partial charge < -0.3 is 14.6 Å². The van der Waals surface area contributed by atoms with E-state index in [4.69, 9.17) is 9.41 Å². The molecule has 0 bridgehead atoms. The van der Waals surface area contributed by atoms with Gasteiger partial charge in [-0.2, -0.15) is 11.8 Å². The van der Waals surface area contributed by atoms with Crippen molar-refractivity contribution in [3.63, 3.8) is 0 Å². The van der Waals surface area contributed by atoms with Crippen LogP contribution in [0.4, 0.5) is 0 Å². The second-order valence-corrected chi connectivity index (χ2v) is 8.29. The number of aliphatic imine (C=N–C) groups is 1. The summed E-state index contributed by atoms with van der Waals surface area (Å²) in [7, 11) is 0. The molecule has 0 aromatic carbocycles. The molecule has 0 atom stereocenters. The lowest BCUT2D eigenvalue weighted by atomic mass is 10.2. The zero-order chi connectivity index (χ0) is 14.7. The third-order valence-electron chi connectivity index (χ3n) is 3.84. The van der Waals surface area contributed by atoms with E-state index in [1.54, 1.807) is 6.26 Å². The first kappa shape index (κ1) is 14.8. The Labute approximate surface area is 131 Å². The van der Waals surface area contributed by atoms with Gasteiger partial charge in [-0.3, -0.25) is 4.99 Å². The number of nitrogens with zero attached hydrogens (tertiary/aromatic N) is 2. The van der Waals surface area contributed by atoms with Crippen molar-refractivity contribution < 1.29 is 4.42 Å². The molecule has 116 valence electrons. The number of furan rings is 1. The maximum atomic E-state index is 5.38. The van der Waals surface area contributed by atoms with E-state index in [-0.39, 0.29) is 0 Å². The molecular formula is C16H25N3OS. The molecular weight excluding hydrogens is 282 g/mol. The number of thioether (sulfide) groups is 1. The van der Waals surface area contributed by atoms with Crippen LogP contribution >= 0.6 is 11.8 Å². The molecule has 1 aromatic heterocycles. The molecule has 2 aliphatic rings. The van der Waals surface area contributed by atoms with Crippen molar-refractivity contribution in [2.75, 3.05) is 25.4 Å². The van der Waals surface area contributed by atoms with E-state index >= 15 is 0 Å². The normalized spacial score (nSPS) is 22.4. The lowest BCUT2D eigenvalue weighted by Crippen LogP contribution is -2.51. The molecule has 1 aliphatic heterocycles. The van der Waals surface area contributed by atoms with Gasteiger partial charge in [-0.15, -0.1) is 0 Å². The first-order valence-corrected chi connectivity index (χ1v) is 8.83.